The number of rotatable bonds is 54. The average molecular weight is 976 g/mol. The topological polar surface area (TPSA) is 140 Å². The lowest BCUT2D eigenvalue weighted by Gasteiger charge is -2.18. The Hall–Kier alpha value is -2.49. The molecule has 9 nitrogen and oxygen atoms in total. The van der Waals surface area contributed by atoms with Gasteiger partial charge in [0.25, 0.3) is 0 Å². The van der Waals surface area contributed by atoms with E-state index in [1.807, 2.05) is 0 Å². The summed E-state index contributed by atoms with van der Waals surface area (Å²) in [5.74, 6) is -0.952. The van der Waals surface area contributed by atoms with Crippen LogP contribution in [0.15, 0.2) is 36.5 Å². The van der Waals surface area contributed by atoms with Crippen LogP contribution in [0.4, 0.5) is 0 Å². The van der Waals surface area contributed by atoms with E-state index in [0.717, 1.165) is 128 Å². The van der Waals surface area contributed by atoms with Crippen LogP contribution < -0.4 is 0 Å². The third-order valence-corrected chi connectivity index (χ3v) is 13.1. The minimum absolute atomic E-state index is 0.101. The molecule has 0 aromatic rings. The second kappa shape index (κ2) is 54.8. The first-order valence-corrected chi connectivity index (χ1v) is 29.3. The van der Waals surface area contributed by atoms with E-state index in [4.69, 9.17) is 19.3 Å². The van der Waals surface area contributed by atoms with E-state index in [1.165, 1.54) is 122 Å². The van der Waals surface area contributed by atoms with Crippen molar-refractivity contribution < 1.29 is 43.9 Å². The number of carbonyl (C=O) groups is 3. The van der Waals surface area contributed by atoms with Crippen LogP contribution in [0.2, 0.25) is 0 Å². The number of unbranched alkanes of at least 4 members (excludes halogenated alkanes) is 33. The van der Waals surface area contributed by atoms with Gasteiger partial charge in [-0.05, 0) is 103 Å². The first kappa shape index (κ1) is 66.5. The average Bonchev–Trinajstić information content (AvgIpc) is 3.35. The predicted molar refractivity (Wildman–Crippen MR) is 288 cm³/mol. The maximum atomic E-state index is 12.8. The zero-order valence-electron chi connectivity index (χ0n) is 45.0. The number of esters is 3. The highest BCUT2D eigenvalue weighted by molar-refractivity contribution is 5.71. The minimum atomic E-state index is -1.03. The lowest BCUT2D eigenvalue weighted by molar-refractivity contribution is -0.167. The molecular weight excluding hydrogens is 865 g/mol. The summed E-state index contributed by atoms with van der Waals surface area (Å²) in [5, 5.41) is 28.0. The summed E-state index contributed by atoms with van der Waals surface area (Å²) < 4.78 is 16.8. The molecule has 404 valence electrons. The van der Waals surface area contributed by atoms with E-state index < -0.39 is 24.9 Å². The van der Waals surface area contributed by atoms with E-state index in [0.29, 0.717) is 25.7 Å². The Morgan fingerprint density at radius 1 is 0.362 bits per heavy atom. The van der Waals surface area contributed by atoms with Crippen molar-refractivity contribution in [2.24, 2.45) is 0 Å². The Balaban J connectivity index is 4.37. The molecule has 0 radical (unpaired) electrons. The van der Waals surface area contributed by atoms with Gasteiger partial charge in [0.1, 0.15) is 19.3 Å². The van der Waals surface area contributed by atoms with Gasteiger partial charge in [-0.2, -0.15) is 0 Å². The Morgan fingerprint density at radius 3 is 0.957 bits per heavy atom. The summed E-state index contributed by atoms with van der Waals surface area (Å²) in [6.07, 6.45) is 57.6. The zero-order valence-corrected chi connectivity index (χ0v) is 45.0. The highest BCUT2D eigenvalue weighted by Gasteiger charge is 2.20. The van der Waals surface area contributed by atoms with Crippen LogP contribution in [0.3, 0.4) is 0 Å². The van der Waals surface area contributed by atoms with Gasteiger partial charge in [0, 0.05) is 19.3 Å². The predicted octanol–water partition coefficient (Wildman–Crippen LogP) is 16.2. The molecule has 9 heteroatoms. The number of hydrogen-bond acceptors (Lipinski definition) is 9. The van der Waals surface area contributed by atoms with Crippen LogP contribution in [0.5, 0.6) is 0 Å². The molecule has 3 N–H and O–H groups in total. The summed E-state index contributed by atoms with van der Waals surface area (Å²) >= 11 is 0. The molecule has 0 aliphatic heterocycles. The fraction of sp³-hybridized carbons (Fsp3) is 0.850. The third-order valence-electron chi connectivity index (χ3n) is 13.1. The van der Waals surface area contributed by atoms with Crippen molar-refractivity contribution in [3.8, 4) is 0 Å². The highest BCUT2D eigenvalue weighted by Crippen LogP contribution is 2.16. The minimum Gasteiger partial charge on any atom is -0.462 e. The van der Waals surface area contributed by atoms with Gasteiger partial charge in [-0.15, -0.1) is 0 Å². The van der Waals surface area contributed by atoms with Gasteiger partial charge >= 0.3 is 17.9 Å². The molecule has 0 fully saturated rings. The monoisotopic (exact) mass is 975 g/mol. The second-order valence-corrected chi connectivity index (χ2v) is 19.9. The van der Waals surface area contributed by atoms with Crippen LogP contribution in [-0.2, 0) is 28.6 Å². The number of hydrogen-bond donors (Lipinski definition) is 3. The maximum Gasteiger partial charge on any atom is 0.306 e. The van der Waals surface area contributed by atoms with Crippen molar-refractivity contribution in [1.82, 2.24) is 0 Å². The number of ether oxygens (including phenoxy) is 3. The van der Waals surface area contributed by atoms with Gasteiger partial charge in [0.15, 0.2) is 6.10 Å². The van der Waals surface area contributed by atoms with Crippen molar-refractivity contribution in [2.45, 2.75) is 308 Å². The van der Waals surface area contributed by atoms with Crippen molar-refractivity contribution in [2.75, 3.05) is 19.8 Å². The van der Waals surface area contributed by atoms with Crippen molar-refractivity contribution in [3.05, 3.63) is 36.5 Å². The smallest absolute Gasteiger partial charge is 0.306 e. The van der Waals surface area contributed by atoms with Gasteiger partial charge in [0.05, 0.1) is 12.7 Å². The van der Waals surface area contributed by atoms with Crippen LogP contribution >= 0.6 is 0 Å². The van der Waals surface area contributed by atoms with E-state index in [1.54, 1.807) is 0 Å². The van der Waals surface area contributed by atoms with Gasteiger partial charge < -0.3 is 29.5 Å². The quantitative estimate of drug-likeness (QED) is 0.0235. The first-order valence-electron chi connectivity index (χ1n) is 29.3. The van der Waals surface area contributed by atoms with Crippen molar-refractivity contribution >= 4 is 17.9 Å². The Labute approximate surface area is 424 Å². The molecule has 0 aliphatic rings. The van der Waals surface area contributed by atoms with E-state index in [2.05, 4.69) is 50.3 Å². The highest BCUT2D eigenvalue weighted by atomic mass is 16.6. The molecule has 0 saturated heterocycles. The van der Waals surface area contributed by atoms with Crippen LogP contribution in [-0.4, -0.2) is 71.4 Å². The lowest BCUT2D eigenvalue weighted by Crippen LogP contribution is -2.30. The van der Waals surface area contributed by atoms with Crippen molar-refractivity contribution in [1.29, 1.82) is 0 Å². The number of aliphatic hydroxyl groups is 3. The normalized spacial score (nSPS) is 13.2. The van der Waals surface area contributed by atoms with E-state index >= 15 is 0 Å². The fourth-order valence-corrected chi connectivity index (χ4v) is 8.49. The molecule has 0 spiro atoms. The van der Waals surface area contributed by atoms with Crippen molar-refractivity contribution in [3.63, 3.8) is 0 Å². The third kappa shape index (κ3) is 51.7. The molecule has 3 atom stereocenters. The first-order chi connectivity index (χ1) is 33.8. The van der Waals surface area contributed by atoms with E-state index in [-0.39, 0.29) is 31.1 Å². The SMILES string of the molecule is CCCCCCCCC=CCCCCCCCC(=O)OCC(COC(=O)CCCCCCCC=CCCCCCCCCC(O)C(O)CO)OC(=O)CCCCCCCC=CCCCCCCCC. The standard InChI is InChI=1S/C60H110O9/c1-3-5-7-9-11-13-15-17-20-25-29-33-37-41-45-49-58(64)67-53-55(69-60(66)51-47-43-39-35-31-27-21-18-16-14-12-10-8-6-4-2)54-68-59(65)50-46-42-38-34-30-26-23-19-22-24-28-32-36-40-44-48-56(62)57(63)52-61/h17-21,23,55-57,61-63H,3-16,22,24-54H2,1-2H3. The van der Waals surface area contributed by atoms with Gasteiger partial charge in [0.2, 0.25) is 0 Å². The number of allylic oxidation sites excluding steroid dienone is 6. The molecule has 69 heavy (non-hydrogen) atoms. The zero-order chi connectivity index (χ0) is 50.4. The molecule has 0 aliphatic carbocycles. The van der Waals surface area contributed by atoms with Gasteiger partial charge in [-0.1, -0.05) is 204 Å². The molecule has 0 rings (SSSR count). The molecule has 0 heterocycles. The molecule has 0 aromatic carbocycles. The summed E-state index contributed by atoms with van der Waals surface area (Å²) in [7, 11) is 0. The van der Waals surface area contributed by atoms with Gasteiger partial charge in [-0.3, -0.25) is 14.4 Å². The summed E-state index contributed by atoms with van der Waals surface area (Å²) in [4.78, 5) is 38.1. The largest absolute Gasteiger partial charge is 0.462 e. The molecular formula is C60H110O9. The maximum absolute atomic E-state index is 12.8. The Kier molecular flexibility index (Phi) is 52.9. The Bertz CT molecular complexity index is 1200. The van der Waals surface area contributed by atoms with Gasteiger partial charge in [-0.25, -0.2) is 0 Å². The van der Waals surface area contributed by atoms with Crippen LogP contribution in [0, 0.1) is 0 Å². The van der Waals surface area contributed by atoms with Crippen LogP contribution in [0.1, 0.15) is 290 Å². The summed E-state index contributed by atoms with van der Waals surface area (Å²) in [6, 6.07) is 0. The molecule has 0 saturated carbocycles. The molecule has 0 bridgehead atoms. The second-order valence-electron chi connectivity index (χ2n) is 19.9. The Morgan fingerprint density at radius 2 is 0.638 bits per heavy atom. The molecule has 0 amide bonds. The number of aliphatic hydroxyl groups excluding tert-OH is 3. The summed E-state index contributed by atoms with van der Waals surface area (Å²) in [5.41, 5.74) is 0. The molecule has 3 unspecified atom stereocenters. The van der Waals surface area contributed by atoms with Crippen LogP contribution in [0.25, 0.3) is 0 Å². The number of carbonyl (C=O) groups excluding carboxylic acids is 3. The fourth-order valence-electron chi connectivity index (χ4n) is 8.49. The molecule has 0 aromatic heterocycles. The lowest BCUT2D eigenvalue weighted by atomic mass is 10.0. The summed E-state index contributed by atoms with van der Waals surface area (Å²) in [6.45, 7) is 3.92. The van der Waals surface area contributed by atoms with E-state index in [9.17, 15) is 24.6 Å².